The van der Waals surface area contributed by atoms with Gasteiger partial charge in [0.1, 0.15) is 5.82 Å². The lowest BCUT2D eigenvalue weighted by Crippen LogP contribution is -2.34. The predicted molar refractivity (Wildman–Crippen MR) is 117 cm³/mol. The van der Waals surface area contributed by atoms with Gasteiger partial charge in [-0.15, -0.1) is 0 Å². The van der Waals surface area contributed by atoms with Crippen LogP contribution in [0.15, 0.2) is 54.5 Å². The molecule has 2 N–H and O–H groups in total. The van der Waals surface area contributed by atoms with Gasteiger partial charge in [0, 0.05) is 38.1 Å². The number of H-pyrrole nitrogens is 1. The Kier molecular flexibility index (Phi) is 6.05. The maximum atomic E-state index is 4.70. The van der Waals surface area contributed by atoms with Gasteiger partial charge in [0.15, 0.2) is 5.65 Å². The van der Waals surface area contributed by atoms with Crippen LogP contribution in [-0.2, 0) is 13.0 Å². The van der Waals surface area contributed by atoms with Crippen LogP contribution in [0.3, 0.4) is 0 Å². The van der Waals surface area contributed by atoms with E-state index in [2.05, 4.69) is 53.2 Å². The topological polar surface area (TPSA) is 66.5 Å². The van der Waals surface area contributed by atoms with E-state index in [-0.39, 0.29) is 0 Å². The van der Waals surface area contributed by atoms with Crippen LogP contribution in [-0.4, -0.2) is 26.5 Å². The summed E-state index contributed by atoms with van der Waals surface area (Å²) in [5, 5.41) is 3.65. The van der Waals surface area contributed by atoms with E-state index in [0.29, 0.717) is 23.7 Å². The van der Waals surface area contributed by atoms with Gasteiger partial charge in [0.25, 0.3) is 0 Å². The zero-order chi connectivity index (χ0) is 20.2. The normalized spacial score (nSPS) is 22.2. The molecule has 0 saturated heterocycles. The fourth-order valence-electron chi connectivity index (χ4n) is 4.62. The first-order valence-corrected chi connectivity index (χ1v) is 10.7. The van der Waals surface area contributed by atoms with Gasteiger partial charge in [-0.2, -0.15) is 0 Å². The van der Waals surface area contributed by atoms with Crippen molar-refractivity contribution in [1.29, 1.82) is 0 Å². The van der Waals surface area contributed by atoms with E-state index in [1.165, 1.54) is 17.6 Å². The van der Waals surface area contributed by atoms with Crippen LogP contribution < -0.4 is 5.32 Å². The quantitative estimate of drug-likeness (QED) is 0.582. The Bertz CT molecular complexity index is 927. The second-order valence-electron chi connectivity index (χ2n) is 8.67. The number of hydrogen-bond acceptors (Lipinski definition) is 4. The number of imidazole rings is 1. The summed E-state index contributed by atoms with van der Waals surface area (Å²) in [6.45, 7) is 8.88. The summed E-state index contributed by atoms with van der Waals surface area (Å²) < 4.78 is 0. The summed E-state index contributed by atoms with van der Waals surface area (Å²) in [5.74, 6) is 3.49. The van der Waals surface area contributed by atoms with Crippen LogP contribution in [0.1, 0.15) is 38.6 Å². The Morgan fingerprint density at radius 2 is 2.07 bits per heavy atom. The molecule has 0 spiro atoms. The van der Waals surface area contributed by atoms with Crippen LogP contribution in [0.2, 0.25) is 0 Å². The van der Waals surface area contributed by atoms with Gasteiger partial charge >= 0.3 is 0 Å². The summed E-state index contributed by atoms with van der Waals surface area (Å²) in [6, 6.07) is 8.12. The molecule has 3 aromatic rings. The highest BCUT2D eigenvalue weighted by atomic mass is 15.0. The molecule has 0 aliphatic heterocycles. The largest absolute Gasteiger partial charge is 0.341 e. The molecule has 4 rings (SSSR count). The Morgan fingerprint density at radius 1 is 1.21 bits per heavy atom. The smallest absolute Gasteiger partial charge is 0.177 e. The summed E-state index contributed by atoms with van der Waals surface area (Å²) in [6.07, 6.45) is 10.2. The van der Waals surface area contributed by atoms with Crippen molar-refractivity contribution in [2.75, 3.05) is 6.54 Å². The average Bonchev–Trinajstić information content (AvgIpc) is 3.13. The molecule has 0 fully saturated rings. The standard InChI is InChI=1S/C24H31N5/c1-16(2)21-11-19(12-23-28-22-7-5-9-27-24(22)29-23)17(3)10-20(21)15-26-14-18-6-4-8-25-13-18/h4-10,13,16,19-21,26H,11-12,14-15H2,1-3H3,(H,27,28,29). The Labute approximate surface area is 173 Å². The van der Waals surface area contributed by atoms with E-state index in [1.807, 2.05) is 30.6 Å². The molecule has 5 nitrogen and oxygen atoms in total. The van der Waals surface area contributed by atoms with Gasteiger partial charge < -0.3 is 10.3 Å². The monoisotopic (exact) mass is 389 g/mol. The van der Waals surface area contributed by atoms with Crippen molar-refractivity contribution in [3.63, 3.8) is 0 Å². The molecule has 3 atom stereocenters. The maximum absolute atomic E-state index is 4.70. The molecule has 0 amide bonds. The van der Waals surface area contributed by atoms with E-state index in [9.17, 15) is 0 Å². The van der Waals surface area contributed by atoms with Gasteiger partial charge in [-0.3, -0.25) is 4.98 Å². The van der Waals surface area contributed by atoms with Crippen molar-refractivity contribution in [1.82, 2.24) is 25.3 Å². The molecular formula is C24H31N5. The lowest BCUT2D eigenvalue weighted by Gasteiger charge is -2.37. The van der Waals surface area contributed by atoms with E-state index in [0.717, 1.165) is 36.5 Å². The number of allylic oxidation sites excluding steroid dienone is 1. The molecule has 3 aromatic heterocycles. The summed E-state index contributed by atoms with van der Waals surface area (Å²) in [4.78, 5) is 16.7. The third kappa shape index (κ3) is 4.73. The van der Waals surface area contributed by atoms with E-state index < -0.39 is 0 Å². The summed E-state index contributed by atoms with van der Waals surface area (Å²) >= 11 is 0. The number of hydrogen-bond donors (Lipinski definition) is 2. The molecule has 5 heteroatoms. The van der Waals surface area contributed by atoms with Gasteiger partial charge in [-0.05, 0) is 60.8 Å². The highest BCUT2D eigenvalue weighted by Gasteiger charge is 2.31. The molecule has 0 aromatic carbocycles. The molecule has 0 radical (unpaired) electrons. The number of aromatic amines is 1. The minimum absolute atomic E-state index is 0.539. The van der Waals surface area contributed by atoms with Crippen molar-refractivity contribution < 1.29 is 0 Å². The molecular weight excluding hydrogens is 358 g/mol. The van der Waals surface area contributed by atoms with E-state index >= 15 is 0 Å². The number of pyridine rings is 2. The third-order valence-corrected chi connectivity index (χ3v) is 6.26. The molecule has 3 heterocycles. The molecule has 0 saturated carbocycles. The zero-order valence-electron chi connectivity index (χ0n) is 17.6. The summed E-state index contributed by atoms with van der Waals surface area (Å²) in [7, 11) is 0. The number of rotatable bonds is 7. The number of fused-ring (bicyclic) bond motifs is 1. The molecule has 152 valence electrons. The minimum atomic E-state index is 0.539. The van der Waals surface area contributed by atoms with Crippen molar-refractivity contribution in [2.45, 2.75) is 40.2 Å². The van der Waals surface area contributed by atoms with Crippen LogP contribution in [0.4, 0.5) is 0 Å². The van der Waals surface area contributed by atoms with Crippen LogP contribution >= 0.6 is 0 Å². The Hall–Kier alpha value is -2.53. The van der Waals surface area contributed by atoms with Crippen LogP contribution in [0, 0.1) is 23.7 Å². The van der Waals surface area contributed by atoms with E-state index in [1.54, 1.807) is 6.20 Å². The average molecular weight is 390 g/mol. The minimum Gasteiger partial charge on any atom is -0.341 e. The summed E-state index contributed by atoms with van der Waals surface area (Å²) in [5.41, 5.74) is 4.57. The molecule has 1 aliphatic rings. The predicted octanol–water partition coefficient (Wildman–Crippen LogP) is 4.54. The number of nitrogens with zero attached hydrogens (tertiary/aromatic N) is 3. The first kappa shape index (κ1) is 19.8. The zero-order valence-corrected chi connectivity index (χ0v) is 17.6. The van der Waals surface area contributed by atoms with E-state index in [4.69, 9.17) is 4.98 Å². The van der Waals surface area contributed by atoms with Crippen molar-refractivity contribution in [3.8, 4) is 0 Å². The molecule has 1 aliphatic carbocycles. The second-order valence-corrected chi connectivity index (χ2v) is 8.67. The van der Waals surface area contributed by atoms with Gasteiger partial charge in [0.2, 0.25) is 0 Å². The molecule has 29 heavy (non-hydrogen) atoms. The van der Waals surface area contributed by atoms with Crippen molar-refractivity contribution in [3.05, 3.63) is 65.9 Å². The Morgan fingerprint density at radius 3 is 2.83 bits per heavy atom. The van der Waals surface area contributed by atoms with Crippen molar-refractivity contribution in [2.24, 2.45) is 23.7 Å². The van der Waals surface area contributed by atoms with Gasteiger partial charge in [-0.1, -0.05) is 31.6 Å². The lowest BCUT2D eigenvalue weighted by atomic mass is 9.70. The SMILES string of the molecule is CC1=CC(CNCc2cccnc2)C(C(C)C)CC1Cc1nc2ncccc2[nH]1. The first-order chi connectivity index (χ1) is 14.1. The second kappa shape index (κ2) is 8.87. The highest BCUT2D eigenvalue weighted by molar-refractivity contribution is 5.69. The Balaban J connectivity index is 1.43. The van der Waals surface area contributed by atoms with Crippen LogP contribution in [0.5, 0.6) is 0 Å². The number of nitrogens with one attached hydrogen (secondary N) is 2. The number of aromatic nitrogens is 4. The lowest BCUT2D eigenvalue weighted by molar-refractivity contribution is 0.221. The molecule has 3 unspecified atom stereocenters. The first-order valence-electron chi connectivity index (χ1n) is 10.7. The van der Waals surface area contributed by atoms with Crippen LogP contribution in [0.25, 0.3) is 11.2 Å². The third-order valence-electron chi connectivity index (χ3n) is 6.26. The highest BCUT2D eigenvalue weighted by Crippen LogP contribution is 2.38. The van der Waals surface area contributed by atoms with Crippen molar-refractivity contribution >= 4 is 11.2 Å². The van der Waals surface area contributed by atoms with Gasteiger partial charge in [-0.25, -0.2) is 9.97 Å². The maximum Gasteiger partial charge on any atom is 0.177 e. The fraction of sp³-hybridized carbons (Fsp3) is 0.458. The fourth-order valence-corrected chi connectivity index (χ4v) is 4.62. The molecule has 0 bridgehead atoms. The van der Waals surface area contributed by atoms with Gasteiger partial charge in [0.05, 0.1) is 5.52 Å².